The van der Waals surface area contributed by atoms with Crippen molar-refractivity contribution in [2.24, 2.45) is 0 Å². The molecule has 0 radical (unpaired) electrons. The van der Waals surface area contributed by atoms with Crippen molar-refractivity contribution in [3.05, 3.63) is 64.4 Å². The average molecular weight is 324 g/mol. The average Bonchev–Trinajstić information content (AvgIpc) is 2.46. The molecule has 0 fully saturated rings. The largest absolute Gasteiger partial charge is 0.478 e. The summed E-state index contributed by atoms with van der Waals surface area (Å²) in [5, 5.41) is 10.0. The molecule has 1 unspecified atom stereocenters. The molecule has 21 heavy (non-hydrogen) atoms. The lowest BCUT2D eigenvalue weighted by Crippen LogP contribution is -2.19. The first-order chi connectivity index (χ1) is 10.0. The van der Waals surface area contributed by atoms with Crippen molar-refractivity contribution in [3.8, 4) is 5.75 Å². The maximum atomic E-state index is 11.4. The molecule has 2 rings (SSSR count). The Balaban J connectivity index is 2.35. The minimum Gasteiger partial charge on any atom is -0.478 e. The maximum Gasteiger partial charge on any atom is 0.351 e. The highest BCUT2D eigenvalue weighted by molar-refractivity contribution is 6.35. The fourth-order valence-corrected chi connectivity index (χ4v) is 2.12. The van der Waals surface area contributed by atoms with E-state index in [1.165, 1.54) is 18.3 Å². The van der Waals surface area contributed by atoms with Gasteiger partial charge in [0.25, 0.3) is 0 Å². The highest BCUT2D eigenvalue weighted by Crippen LogP contribution is 2.31. The predicted octanol–water partition coefficient (Wildman–Crippen LogP) is 4.24. The van der Waals surface area contributed by atoms with Crippen LogP contribution in [0.4, 0.5) is 0 Å². The van der Waals surface area contributed by atoms with Gasteiger partial charge in [-0.3, -0.25) is 4.98 Å². The van der Waals surface area contributed by atoms with Crippen LogP contribution in [0, 0.1) is 0 Å². The quantitative estimate of drug-likeness (QED) is 0.894. The van der Waals surface area contributed by atoms with Crippen LogP contribution in [0.25, 0.3) is 6.08 Å². The Morgan fingerprint density at radius 2 is 2.10 bits per heavy atom. The molecule has 0 saturated heterocycles. The molecule has 6 heteroatoms. The lowest BCUT2D eigenvalue weighted by Gasteiger charge is -2.16. The van der Waals surface area contributed by atoms with Crippen LogP contribution in [0.1, 0.15) is 17.4 Å². The van der Waals surface area contributed by atoms with Crippen LogP contribution in [-0.2, 0) is 4.79 Å². The normalized spacial score (nSPS) is 11.7. The molecule has 0 amide bonds. The number of hydrogen-bond acceptors (Lipinski definition) is 3. The Kier molecular flexibility index (Phi) is 4.83. The zero-order valence-electron chi connectivity index (χ0n) is 10.8. The molecule has 1 atom stereocenters. The van der Waals surface area contributed by atoms with Gasteiger partial charge >= 0.3 is 5.97 Å². The van der Waals surface area contributed by atoms with Crippen LogP contribution in [-0.4, -0.2) is 16.1 Å². The molecule has 0 aliphatic carbocycles. The van der Waals surface area contributed by atoms with Crippen LogP contribution < -0.4 is 4.74 Å². The van der Waals surface area contributed by atoms with Crippen molar-refractivity contribution in [1.82, 2.24) is 4.98 Å². The highest BCUT2D eigenvalue weighted by atomic mass is 35.5. The first-order valence-electron chi connectivity index (χ1n) is 5.94. The zero-order chi connectivity index (χ0) is 15.4. The molecule has 0 saturated carbocycles. The summed E-state index contributed by atoms with van der Waals surface area (Å²) < 4.78 is 5.46. The molecule has 1 heterocycles. The second kappa shape index (κ2) is 6.61. The number of pyridine rings is 1. The summed E-state index contributed by atoms with van der Waals surface area (Å²) >= 11 is 11.8. The minimum absolute atomic E-state index is 0.222. The molecule has 108 valence electrons. The zero-order valence-corrected chi connectivity index (χ0v) is 12.3. The van der Waals surface area contributed by atoms with Gasteiger partial charge in [0.15, 0.2) is 0 Å². The Labute approximate surface area is 131 Å². The molecule has 1 N–H and O–H groups in total. The standard InChI is InChI=1S/C15H11Cl2NO3/c1-2-9-5-6-18-12(7-9)14(15(19)20)21-13-4-3-10(16)8-11(13)17/h2-8,14H,1H2,(H,19,20). The topological polar surface area (TPSA) is 59.4 Å². The molecule has 0 spiro atoms. The lowest BCUT2D eigenvalue weighted by atomic mass is 10.1. The van der Waals surface area contributed by atoms with Crippen LogP contribution in [0.15, 0.2) is 43.1 Å². The van der Waals surface area contributed by atoms with Gasteiger partial charge in [-0.15, -0.1) is 0 Å². The number of aromatic nitrogens is 1. The summed E-state index contributed by atoms with van der Waals surface area (Å²) in [5.74, 6) is -0.950. The lowest BCUT2D eigenvalue weighted by molar-refractivity contribution is -0.145. The van der Waals surface area contributed by atoms with E-state index in [-0.39, 0.29) is 16.5 Å². The number of rotatable bonds is 5. The summed E-state index contributed by atoms with van der Waals surface area (Å²) in [6.45, 7) is 3.63. The van der Waals surface area contributed by atoms with E-state index >= 15 is 0 Å². The van der Waals surface area contributed by atoms with E-state index in [0.29, 0.717) is 5.02 Å². The monoisotopic (exact) mass is 323 g/mol. The van der Waals surface area contributed by atoms with Gasteiger partial charge in [0.05, 0.1) is 10.7 Å². The Hall–Kier alpha value is -2.04. The fourth-order valence-electron chi connectivity index (χ4n) is 1.67. The number of carboxylic acid groups (broad SMARTS) is 1. The van der Waals surface area contributed by atoms with E-state index in [1.54, 1.807) is 24.3 Å². The van der Waals surface area contributed by atoms with Gasteiger partial charge in [0, 0.05) is 11.2 Å². The number of halogens is 2. The minimum atomic E-state index is -1.27. The number of nitrogens with zero attached hydrogens (tertiary/aromatic N) is 1. The first kappa shape index (κ1) is 15.4. The number of carbonyl (C=O) groups is 1. The van der Waals surface area contributed by atoms with Crippen molar-refractivity contribution in [2.45, 2.75) is 6.10 Å². The van der Waals surface area contributed by atoms with E-state index < -0.39 is 12.1 Å². The van der Waals surface area contributed by atoms with E-state index in [1.807, 2.05) is 0 Å². The smallest absolute Gasteiger partial charge is 0.351 e. The van der Waals surface area contributed by atoms with Gasteiger partial charge in [-0.05, 0) is 35.9 Å². The van der Waals surface area contributed by atoms with Crippen molar-refractivity contribution < 1.29 is 14.6 Å². The van der Waals surface area contributed by atoms with Gasteiger partial charge in [-0.25, -0.2) is 4.79 Å². The highest BCUT2D eigenvalue weighted by Gasteiger charge is 2.24. The number of benzene rings is 1. The summed E-state index contributed by atoms with van der Waals surface area (Å²) in [5.41, 5.74) is 1.00. The molecule has 2 aromatic rings. The molecule has 4 nitrogen and oxygen atoms in total. The predicted molar refractivity (Wildman–Crippen MR) is 81.8 cm³/mol. The van der Waals surface area contributed by atoms with E-state index in [2.05, 4.69) is 11.6 Å². The number of hydrogen-bond donors (Lipinski definition) is 1. The van der Waals surface area contributed by atoms with Crippen LogP contribution >= 0.6 is 23.2 Å². The molecule has 0 bridgehead atoms. The van der Waals surface area contributed by atoms with Gasteiger partial charge in [-0.2, -0.15) is 0 Å². The van der Waals surface area contributed by atoms with Gasteiger partial charge in [0.2, 0.25) is 6.10 Å². The SMILES string of the molecule is C=Cc1ccnc(C(Oc2ccc(Cl)cc2Cl)C(=O)O)c1. The van der Waals surface area contributed by atoms with Crippen molar-refractivity contribution >= 4 is 35.2 Å². The maximum absolute atomic E-state index is 11.4. The molecule has 1 aromatic carbocycles. The van der Waals surface area contributed by atoms with Gasteiger partial charge in [0.1, 0.15) is 5.75 Å². The van der Waals surface area contributed by atoms with E-state index in [4.69, 9.17) is 27.9 Å². The third kappa shape index (κ3) is 3.74. The number of ether oxygens (including phenoxy) is 1. The summed E-state index contributed by atoms with van der Waals surface area (Å²) in [6.07, 6.45) is 1.82. The van der Waals surface area contributed by atoms with E-state index in [0.717, 1.165) is 5.56 Å². The Morgan fingerprint density at radius 1 is 1.33 bits per heavy atom. The number of aliphatic carboxylic acids is 1. The molecular formula is C15H11Cl2NO3. The first-order valence-corrected chi connectivity index (χ1v) is 6.69. The third-order valence-electron chi connectivity index (χ3n) is 2.67. The van der Waals surface area contributed by atoms with Gasteiger partial charge < -0.3 is 9.84 Å². The van der Waals surface area contributed by atoms with Crippen LogP contribution in [0.5, 0.6) is 5.75 Å². The van der Waals surface area contributed by atoms with Crippen LogP contribution in [0.3, 0.4) is 0 Å². The van der Waals surface area contributed by atoms with Crippen molar-refractivity contribution in [3.63, 3.8) is 0 Å². The molecule has 0 aliphatic rings. The van der Waals surface area contributed by atoms with Crippen molar-refractivity contribution in [1.29, 1.82) is 0 Å². The Bertz CT molecular complexity index is 688. The van der Waals surface area contributed by atoms with E-state index in [9.17, 15) is 9.90 Å². The fraction of sp³-hybridized carbons (Fsp3) is 0.0667. The van der Waals surface area contributed by atoms with Crippen LogP contribution in [0.2, 0.25) is 10.0 Å². The molecular weight excluding hydrogens is 313 g/mol. The second-order valence-electron chi connectivity index (χ2n) is 4.13. The summed E-state index contributed by atoms with van der Waals surface area (Å²) in [7, 11) is 0. The molecule has 0 aliphatic heterocycles. The molecule has 1 aromatic heterocycles. The number of carboxylic acids is 1. The third-order valence-corrected chi connectivity index (χ3v) is 3.20. The second-order valence-corrected chi connectivity index (χ2v) is 4.97. The Morgan fingerprint density at radius 3 is 2.71 bits per heavy atom. The summed E-state index contributed by atoms with van der Waals surface area (Å²) in [6, 6.07) is 7.86. The van der Waals surface area contributed by atoms with Gasteiger partial charge in [-0.1, -0.05) is 35.9 Å². The summed E-state index contributed by atoms with van der Waals surface area (Å²) in [4.78, 5) is 15.5. The van der Waals surface area contributed by atoms with Crippen molar-refractivity contribution in [2.75, 3.05) is 0 Å².